The van der Waals surface area contributed by atoms with Gasteiger partial charge in [0.25, 0.3) is 0 Å². The van der Waals surface area contributed by atoms with Crippen molar-refractivity contribution < 1.29 is 23.1 Å². The molecular formula is C11H18N2O5S. The summed E-state index contributed by atoms with van der Waals surface area (Å²) in [6.45, 7) is 3.33. The van der Waals surface area contributed by atoms with Crippen LogP contribution >= 0.6 is 0 Å². The molecule has 0 spiro atoms. The summed E-state index contributed by atoms with van der Waals surface area (Å²) >= 11 is 0. The quantitative estimate of drug-likeness (QED) is 0.740. The Morgan fingerprint density at radius 1 is 1.58 bits per heavy atom. The van der Waals surface area contributed by atoms with Gasteiger partial charge >= 0.3 is 5.97 Å². The van der Waals surface area contributed by atoms with Crippen LogP contribution in [0.2, 0.25) is 0 Å². The lowest BCUT2D eigenvalue weighted by Gasteiger charge is -2.30. The largest absolute Gasteiger partial charge is 0.481 e. The molecule has 0 radical (unpaired) electrons. The summed E-state index contributed by atoms with van der Waals surface area (Å²) in [7, 11) is -3.83. The number of rotatable bonds is 6. The van der Waals surface area contributed by atoms with Gasteiger partial charge in [0.2, 0.25) is 10.0 Å². The van der Waals surface area contributed by atoms with Crippen LogP contribution in [0.15, 0.2) is 0 Å². The van der Waals surface area contributed by atoms with E-state index in [1.165, 1.54) is 6.92 Å². The molecule has 0 bridgehead atoms. The van der Waals surface area contributed by atoms with Crippen molar-refractivity contribution in [2.45, 2.75) is 31.6 Å². The van der Waals surface area contributed by atoms with Crippen LogP contribution in [0.5, 0.6) is 0 Å². The molecule has 1 aliphatic heterocycles. The first-order valence-electron chi connectivity index (χ1n) is 6.07. The fraction of sp³-hybridized carbons (Fsp3) is 0.818. The fourth-order valence-corrected chi connectivity index (χ4v) is 3.60. The van der Waals surface area contributed by atoms with E-state index in [1.807, 2.05) is 0 Å². The molecule has 1 saturated heterocycles. The molecule has 1 N–H and O–H groups in total. The van der Waals surface area contributed by atoms with Crippen molar-refractivity contribution in [1.82, 2.24) is 4.31 Å². The molecular weight excluding hydrogens is 272 g/mol. The van der Waals surface area contributed by atoms with Crippen LogP contribution in [-0.4, -0.2) is 54.8 Å². The van der Waals surface area contributed by atoms with Crippen LogP contribution in [0.1, 0.15) is 20.3 Å². The number of aliphatic carboxylic acids is 1. The Morgan fingerprint density at radius 3 is 2.68 bits per heavy atom. The maximum Gasteiger partial charge on any atom is 0.310 e. The van der Waals surface area contributed by atoms with E-state index < -0.39 is 33.2 Å². The van der Waals surface area contributed by atoms with Crippen molar-refractivity contribution in [1.29, 1.82) is 5.26 Å². The molecule has 1 aliphatic rings. The first-order chi connectivity index (χ1) is 8.86. The van der Waals surface area contributed by atoms with Gasteiger partial charge in [-0.3, -0.25) is 4.79 Å². The third-order valence-electron chi connectivity index (χ3n) is 3.14. The average Bonchev–Trinajstić information content (AvgIpc) is 2.83. The maximum absolute atomic E-state index is 12.3. The van der Waals surface area contributed by atoms with Crippen molar-refractivity contribution in [2.75, 3.05) is 19.8 Å². The average molecular weight is 290 g/mol. The second-order valence-corrected chi connectivity index (χ2v) is 6.68. The summed E-state index contributed by atoms with van der Waals surface area (Å²) in [5, 5.41) is 16.7. The SMILES string of the molecule is CCCN(C1COCC1C(=O)O)S(=O)(=O)C(C)C#N. The second-order valence-electron chi connectivity index (χ2n) is 4.48. The highest BCUT2D eigenvalue weighted by Crippen LogP contribution is 2.24. The molecule has 3 atom stereocenters. The van der Waals surface area contributed by atoms with Crippen LogP contribution in [0.4, 0.5) is 0 Å². The van der Waals surface area contributed by atoms with Crippen molar-refractivity contribution in [3.8, 4) is 6.07 Å². The van der Waals surface area contributed by atoms with Gasteiger partial charge in [-0.2, -0.15) is 9.57 Å². The Morgan fingerprint density at radius 2 is 2.21 bits per heavy atom. The molecule has 0 aromatic carbocycles. The second kappa shape index (κ2) is 6.32. The third-order valence-corrected chi connectivity index (χ3v) is 5.24. The first-order valence-corrected chi connectivity index (χ1v) is 7.57. The number of hydrogen-bond donors (Lipinski definition) is 1. The summed E-state index contributed by atoms with van der Waals surface area (Å²) in [5.74, 6) is -1.96. The van der Waals surface area contributed by atoms with Gasteiger partial charge in [-0.1, -0.05) is 6.92 Å². The summed E-state index contributed by atoms with van der Waals surface area (Å²) in [5.41, 5.74) is 0. The van der Waals surface area contributed by atoms with Gasteiger partial charge in [0.15, 0.2) is 5.25 Å². The molecule has 1 fully saturated rings. The van der Waals surface area contributed by atoms with E-state index in [9.17, 15) is 13.2 Å². The lowest BCUT2D eigenvalue weighted by molar-refractivity contribution is -0.142. The molecule has 0 aromatic rings. The van der Waals surface area contributed by atoms with Gasteiger partial charge < -0.3 is 9.84 Å². The van der Waals surface area contributed by atoms with E-state index in [-0.39, 0.29) is 19.8 Å². The van der Waals surface area contributed by atoms with Gasteiger partial charge in [0, 0.05) is 6.54 Å². The monoisotopic (exact) mass is 290 g/mol. The van der Waals surface area contributed by atoms with Crippen LogP contribution < -0.4 is 0 Å². The summed E-state index contributed by atoms with van der Waals surface area (Å²) in [6, 6.07) is 0.956. The number of carbonyl (C=O) groups is 1. The van der Waals surface area contributed by atoms with Crippen molar-refractivity contribution in [3.05, 3.63) is 0 Å². The normalized spacial score (nSPS) is 25.2. The number of nitriles is 1. The fourth-order valence-electron chi connectivity index (χ4n) is 2.03. The van der Waals surface area contributed by atoms with E-state index in [2.05, 4.69) is 0 Å². The standard InChI is InChI=1S/C11H18N2O5S/c1-3-4-13(19(16,17)8(2)5-12)10-7-18-6-9(10)11(14)15/h8-10H,3-4,6-7H2,1-2H3,(H,14,15). The lowest BCUT2D eigenvalue weighted by Crippen LogP contribution is -2.49. The number of hydrogen-bond acceptors (Lipinski definition) is 5. The molecule has 19 heavy (non-hydrogen) atoms. The predicted molar refractivity (Wildman–Crippen MR) is 66.7 cm³/mol. The zero-order chi connectivity index (χ0) is 14.6. The summed E-state index contributed by atoms with van der Waals surface area (Å²) in [6.07, 6.45) is 0.542. The van der Waals surface area contributed by atoms with E-state index >= 15 is 0 Å². The predicted octanol–water partition coefficient (Wildman–Crippen LogP) is 0.0399. The van der Waals surface area contributed by atoms with Crippen molar-refractivity contribution >= 4 is 16.0 Å². The molecule has 0 aromatic heterocycles. The van der Waals surface area contributed by atoms with Gasteiger partial charge in [0.1, 0.15) is 0 Å². The van der Waals surface area contributed by atoms with Crippen LogP contribution in [-0.2, 0) is 19.6 Å². The van der Waals surface area contributed by atoms with Crippen LogP contribution in [0.25, 0.3) is 0 Å². The first kappa shape index (κ1) is 15.9. The molecule has 108 valence electrons. The van der Waals surface area contributed by atoms with E-state index in [0.717, 1.165) is 4.31 Å². The number of ether oxygens (including phenoxy) is 1. The zero-order valence-electron chi connectivity index (χ0n) is 10.9. The topological polar surface area (TPSA) is 108 Å². The minimum atomic E-state index is -3.83. The Bertz CT molecular complexity index is 470. The number of carboxylic acid groups (broad SMARTS) is 1. The zero-order valence-corrected chi connectivity index (χ0v) is 11.8. The number of nitrogens with zero attached hydrogens (tertiary/aromatic N) is 2. The lowest BCUT2D eigenvalue weighted by atomic mass is 10.0. The van der Waals surface area contributed by atoms with E-state index in [1.54, 1.807) is 13.0 Å². The highest BCUT2D eigenvalue weighted by Gasteiger charge is 2.43. The molecule has 0 amide bonds. The minimum Gasteiger partial charge on any atom is -0.481 e. The van der Waals surface area contributed by atoms with Gasteiger partial charge in [-0.15, -0.1) is 0 Å². The number of sulfonamides is 1. The highest BCUT2D eigenvalue weighted by atomic mass is 32.2. The molecule has 1 rings (SSSR count). The Kier molecular flexibility index (Phi) is 5.29. The Labute approximate surface area is 112 Å². The van der Waals surface area contributed by atoms with Crippen molar-refractivity contribution in [2.24, 2.45) is 5.92 Å². The molecule has 3 unspecified atom stereocenters. The molecule has 0 saturated carbocycles. The summed E-state index contributed by atoms with van der Waals surface area (Å²) < 4.78 is 30.7. The van der Waals surface area contributed by atoms with Crippen LogP contribution in [0.3, 0.4) is 0 Å². The molecule has 8 heteroatoms. The van der Waals surface area contributed by atoms with Crippen molar-refractivity contribution in [3.63, 3.8) is 0 Å². The molecule has 1 heterocycles. The smallest absolute Gasteiger partial charge is 0.310 e. The van der Waals surface area contributed by atoms with Gasteiger partial charge in [-0.25, -0.2) is 8.42 Å². The molecule has 7 nitrogen and oxygen atoms in total. The summed E-state index contributed by atoms with van der Waals surface area (Å²) in [4.78, 5) is 11.1. The number of carboxylic acids is 1. The van der Waals surface area contributed by atoms with Crippen LogP contribution in [0, 0.1) is 17.2 Å². The molecule has 0 aliphatic carbocycles. The third kappa shape index (κ3) is 3.23. The van der Waals surface area contributed by atoms with E-state index in [0.29, 0.717) is 6.42 Å². The van der Waals surface area contributed by atoms with Gasteiger partial charge in [0.05, 0.1) is 31.2 Å². The Hall–Kier alpha value is -1.17. The van der Waals surface area contributed by atoms with Gasteiger partial charge in [-0.05, 0) is 13.3 Å². The Balaban J connectivity index is 3.08. The minimum absolute atomic E-state index is 0.00330. The van der Waals surface area contributed by atoms with E-state index in [4.69, 9.17) is 15.1 Å². The highest BCUT2D eigenvalue weighted by molar-refractivity contribution is 7.90. The maximum atomic E-state index is 12.3.